The molecule has 2 heterocycles. The fourth-order valence-corrected chi connectivity index (χ4v) is 1.20. The Hall–Kier alpha value is -1.71. The number of aliphatic carboxylic acids is 1. The standard InChI is InChI=1S/C8H6N2O2/c11-8(12)6-3-9-4-7-5(6)1-2-10-7/h1-3H,4H2,(H,11,12). The van der Waals surface area contributed by atoms with Crippen LogP contribution in [0.5, 0.6) is 0 Å². The van der Waals surface area contributed by atoms with Gasteiger partial charge in [0, 0.05) is 18.0 Å². The normalized spacial score (nSPS) is 19.5. The molecule has 0 bridgehead atoms. The highest BCUT2D eigenvalue weighted by atomic mass is 16.4. The molecule has 0 saturated carbocycles. The third-order valence-electron chi connectivity index (χ3n) is 1.76. The summed E-state index contributed by atoms with van der Waals surface area (Å²) in [5.41, 5.74) is 1.67. The van der Waals surface area contributed by atoms with Gasteiger partial charge in [-0.2, -0.15) is 0 Å². The first-order valence-corrected chi connectivity index (χ1v) is 3.50. The van der Waals surface area contributed by atoms with E-state index < -0.39 is 5.97 Å². The number of rotatable bonds is 1. The summed E-state index contributed by atoms with van der Waals surface area (Å²) in [6, 6.07) is 0. The van der Waals surface area contributed by atoms with E-state index in [1.165, 1.54) is 6.21 Å². The maximum Gasteiger partial charge on any atom is 0.337 e. The molecule has 0 saturated heterocycles. The van der Waals surface area contributed by atoms with E-state index in [0.717, 1.165) is 5.71 Å². The summed E-state index contributed by atoms with van der Waals surface area (Å²) in [4.78, 5) is 18.5. The van der Waals surface area contributed by atoms with Gasteiger partial charge in [0.1, 0.15) is 0 Å². The van der Waals surface area contributed by atoms with Crippen LogP contribution in [0.3, 0.4) is 0 Å². The predicted octanol–water partition coefficient (Wildman–Crippen LogP) is 0.420. The molecule has 60 valence electrons. The Morgan fingerprint density at radius 1 is 1.58 bits per heavy atom. The van der Waals surface area contributed by atoms with Gasteiger partial charge < -0.3 is 5.11 Å². The molecule has 0 radical (unpaired) electrons. The lowest BCUT2D eigenvalue weighted by Crippen LogP contribution is -2.16. The molecule has 0 aliphatic carbocycles. The van der Waals surface area contributed by atoms with Crippen molar-refractivity contribution in [3.05, 3.63) is 23.4 Å². The molecule has 0 aromatic rings. The number of nitrogens with zero attached hydrogens (tertiary/aromatic N) is 2. The molecule has 2 aliphatic rings. The molecule has 0 spiro atoms. The zero-order valence-corrected chi connectivity index (χ0v) is 6.19. The van der Waals surface area contributed by atoms with Crippen LogP contribution in [-0.2, 0) is 4.79 Å². The van der Waals surface area contributed by atoms with E-state index in [-0.39, 0.29) is 5.57 Å². The molecule has 0 amide bonds. The Labute approximate surface area is 68.6 Å². The van der Waals surface area contributed by atoms with Crippen LogP contribution in [0.4, 0.5) is 0 Å². The van der Waals surface area contributed by atoms with E-state index in [1.54, 1.807) is 12.3 Å². The van der Waals surface area contributed by atoms with Crippen LogP contribution in [0.25, 0.3) is 0 Å². The van der Waals surface area contributed by atoms with Crippen molar-refractivity contribution in [2.45, 2.75) is 0 Å². The SMILES string of the molecule is O=C(O)C1=C2C=CN=C2CN=C1. The molecule has 1 N–H and O–H groups in total. The highest BCUT2D eigenvalue weighted by Gasteiger charge is 2.20. The minimum absolute atomic E-state index is 0.230. The average molecular weight is 162 g/mol. The maximum absolute atomic E-state index is 10.7. The lowest BCUT2D eigenvalue weighted by Gasteiger charge is -2.07. The third-order valence-corrected chi connectivity index (χ3v) is 1.76. The molecule has 12 heavy (non-hydrogen) atoms. The number of allylic oxidation sites excluding steroid dienone is 1. The molecule has 4 heteroatoms. The quantitative estimate of drug-likeness (QED) is 0.607. The number of carbonyl (C=O) groups is 1. The molecule has 0 atom stereocenters. The second-order valence-electron chi connectivity index (χ2n) is 2.49. The van der Waals surface area contributed by atoms with Crippen LogP contribution >= 0.6 is 0 Å². The number of carboxylic acids is 1. The van der Waals surface area contributed by atoms with Gasteiger partial charge in [-0.05, 0) is 6.08 Å². The number of fused-ring (bicyclic) bond motifs is 1. The molecule has 4 nitrogen and oxygen atoms in total. The van der Waals surface area contributed by atoms with E-state index in [4.69, 9.17) is 5.11 Å². The Morgan fingerprint density at radius 3 is 3.17 bits per heavy atom. The van der Waals surface area contributed by atoms with E-state index in [2.05, 4.69) is 9.98 Å². The van der Waals surface area contributed by atoms with Crippen molar-refractivity contribution in [3.8, 4) is 0 Å². The Kier molecular flexibility index (Phi) is 1.40. The molecular weight excluding hydrogens is 156 g/mol. The second-order valence-corrected chi connectivity index (χ2v) is 2.49. The highest BCUT2D eigenvalue weighted by Crippen LogP contribution is 2.17. The number of hydrogen-bond donors (Lipinski definition) is 1. The van der Waals surface area contributed by atoms with Gasteiger partial charge in [0.2, 0.25) is 0 Å². The summed E-state index contributed by atoms with van der Waals surface area (Å²) in [5, 5.41) is 8.75. The zero-order valence-electron chi connectivity index (χ0n) is 6.19. The molecule has 2 rings (SSSR count). The fraction of sp³-hybridized carbons (Fsp3) is 0.125. The molecule has 0 unspecified atom stereocenters. The summed E-state index contributed by atoms with van der Waals surface area (Å²) in [7, 11) is 0. The molecule has 0 aromatic heterocycles. The van der Waals surface area contributed by atoms with Crippen LogP contribution in [0.15, 0.2) is 33.4 Å². The number of hydrogen-bond acceptors (Lipinski definition) is 3. The van der Waals surface area contributed by atoms with Gasteiger partial charge >= 0.3 is 5.97 Å². The minimum atomic E-state index is -0.951. The average Bonchev–Trinajstić information content (AvgIpc) is 2.49. The fourth-order valence-electron chi connectivity index (χ4n) is 1.20. The van der Waals surface area contributed by atoms with Crippen molar-refractivity contribution in [2.24, 2.45) is 9.98 Å². The number of aliphatic imine (C=N–C) groups is 2. The van der Waals surface area contributed by atoms with E-state index in [0.29, 0.717) is 12.1 Å². The lowest BCUT2D eigenvalue weighted by molar-refractivity contribution is -0.132. The first kappa shape index (κ1) is 6.97. The Balaban J connectivity index is 2.53. The largest absolute Gasteiger partial charge is 0.478 e. The highest BCUT2D eigenvalue weighted by molar-refractivity contribution is 6.22. The Morgan fingerprint density at radius 2 is 2.42 bits per heavy atom. The van der Waals surface area contributed by atoms with Crippen LogP contribution < -0.4 is 0 Å². The minimum Gasteiger partial charge on any atom is -0.478 e. The first-order chi connectivity index (χ1) is 5.79. The van der Waals surface area contributed by atoms with Crippen LogP contribution in [-0.4, -0.2) is 29.5 Å². The second kappa shape index (κ2) is 2.41. The van der Waals surface area contributed by atoms with Gasteiger partial charge in [-0.1, -0.05) is 0 Å². The third kappa shape index (κ3) is 0.887. The summed E-state index contributed by atoms with van der Waals surface area (Å²) >= 11 is 0. The van der Waals surface area contributed by atoms with Crippen molar-refractivity contribution in [3.63, 3.8) is 0 Å². The summed E-state index contributed by atoms with van der Waals surface area (Å²) in [5.74, 6) is -0.951. The van der Waals surface area contributed by atoms with E-state index in [9.17, 15) is 4.79 Å². The predicted molar refractivity (Wildman–Crippen MR) is 44.6 cm³/mol. The van der Waals surface area contributed by atoms with Crippen molar-refractivity contribution in [1.82, 2.24) is 0 Å². The monoisotopic (exact) mass is 162 g/mol. The van der Waals surface area contributed by atoms with Gasteiger partial charge in [-0.3, -0.25) is 9.98 Å². The van der Waals surface area contributed by atoms with Gasteiger partial charge in [-0.15, -0.1) is 0 Å². The summed E-state index contributed by atoms with van der Waals surface area (Å²) in [6.07, 6.45) is 4.68. The van der Waals surface area contributed by atoms with Gasteiger partial charge in [0.25, 0.3) is 0 Å². The smallest absolute Gasteiger partial charge is 0.337 e. The van der Waals surface area contributed by atoms with Gasteiger partial charge in [0.05, 0.1) is 17.8 Å². The van der Waals surface area contributed by atoms with Crippen LogP contribution in [0.1, 0.15) is 0 Å². The molecule has 0 fully saturated rings. The van der Waals surface area contributed by atoms with E-state index >= 15 is 0 Å². The van der Waals surface area contributed by atoms with Crippen molar-refractivity contribution >= 4 is 17.9 Å². The van der Waals surface area contributed by atoms with E-state index in [1.807, 2.05) is 0 Å². The van der Waals surface area contributed by atoms with Gasteiger partial charge in [0.15, 0.2) is 0 Å². The van der Waals surface area contributed by atoms with Crippen LogP contribution in [0.2, 0.25) is 0 Å². The number of dihydropyridines is 1. The molecular formula is C8H6N2O2. The summed E-state index contributed by atoms with van der Waals surface area (Å²) < 4.78 is 0. The van der Waals surface area contributed by atoms with Gasteiger partial charge in [-0.25, -0.2) is 4.79 Å². The van der Waals surface area contributed by atoms with Crippen molar-refractivity contribution < 1.29 is 9.90 Å². The Bertz CT molecular complexity index is 361. The lowest BCUT2D eigenvalue weighted by atomic mass is 10.0. The van der Waals surface area contributed by atoms with Crippen molar-refractivity contribution in [1.29, 1.82) is 0 Å². The summed E-state index contributed by atoms with van der Waals surface area (Å²) in [6.45, 7) is 0.485. The topological polar surface area (TPSA) is 62.0 Å². The maximum atomic E-state index is 10.7. The van der Waals surface area contributed by atoms with Crippen LogP contribution in [0, 0.1) is 0 Å². The zero-order chi connectivity index (χ0) is 8.55. The number of carboxylic acid groups (broad SMARTS) is 1. The molecule has 2 aliphatic heterocycles. The van der Waals surface area contributed by atoms with Crippen molar-refractivity contribution in [2.75, 3.05) is 6.54 Å². The molecule has 0 aromatic carbocycles. The first-order valence-electron chi connectivity index (χ1n) is 3.50.